The summed E-state index contributed by atoms with van der Waals surface area (Å²) in [6, 6.07) is 0.342. The van der Waals surface area contributed by atoms with Crippen molar-refractivity contribution in [2.75, 3.05) is 59.9 Å². The van der Waals surface area contributed by atoms with E-state index in [1.807, 2.05) is 0 Å². The maximum absolute atomic E-state index is 12.0. The van der Waals surface area contributed by atoms with E-state index in [2.05, 4.69) is 39.8 Å². The number of hydrogen-bond donors (Lipinski definition) is 3. The normalized spacial score (nSPS) is 31.2. The Balaban J connectivity index is 1.74. The van der Waals surface area contributed by atoms with Crippen LogP contribution in [0.2, 0.25) is 0 Å². The lowest BCUT2D eigenvalue weighted by molar-refractivity contribution is -0.123. The Labute approximate surface area is 109 Å². The molecule has 2 atom stereocenters. The summed E-state index contributed by atoms with van der Waals surface area (Å²) in [5.74, 6) is 0.115. The summed E-state index contributed by atoms with van der Waals surface area (Å²) in [5, 5.41) is 9.52. The van der Waals surface area contributed by atoms with E-state index in [4.69, 9.17) is 0 Å². The van der Waals surface area contributed by atoms with Crippen molar-refractivity contribution in [2.24, 2.45) is 0 Å². The average Bonchev–Trinajstić information content (AvgIpc) is 2.40. The average molecular weight is 255 g/mol. The molecule has 2 fully saturated rings. The van der Waals surface area contributed by atoms with E-state index < -0.39 is 0 Å². The fraction of sp³-hybridized carbons (Fsp3) is 0.917. The molecule has 1 amide bonds. The molecule has 2 saturated heterocycles. The van der Waals surface area contributed by atoms with Crippen molar-refractivity contribution in [1.29, 1.82) is 0 Å². The van der Waals surface area contributed by atoms with Crippen LogP contribution in [0, 0.1) is 0 Å². The molecule has 0 aromatic rings. The van der Waals surface area contributed by atoms with Crippen LogP contribution in [0.3, 0.4) is 0 Å². The Hall–Kier alpha value is -0.690. The molecule has 0 saturated carbocycles. The summed E-state index contributed by atoms with van der Waals surface area (Å²) in [5.41, 5.74) is 0. The number of piperazine rings is 2. The van der Waals surface area contributed by atoms with Gasteiger partial charge in [-0.2, -0.15) is 0 Å². The van der Waals surface area contributed by atoms with Crippen LogP contribution in [-0.4, -0.2) is 87.7 Å². The SMILES string of the molecule is CN1CCN(C)C(CNC(=O)C2CNCCN2)C1. The smallest absolute Gasteiger partial charge is 0.238 e. The number of carbonyl (C=O) groups excluding carboxylic acids is 1. The number of nitrogens with one attached hydrogen (secondary N) is 3. The number of carbonyl (C=O) groups is 1. The van der Waals surface area contributed by atoms with Crippen LogP contribution in [0.25, 0.3) is 0 Å². The standard InChI is InChI=1S/C12H25N5O/c1-16-5-6-17(2)10(9-16)7-15-12(18)11-8-13-3-4-14-11/h10-11,13-14H,3-9H2,1-2H3,(H,15,18). The molecule has 6 nitrogen and oxygen atoms in total. The quantitative estimate of drug-likeness (QED) is 0.540. The van der Waals surface area contributed by atoms with Crippen LogP contribution in [0.15, 0.2) is 0 Å². The molecule has 0 radical (unpaired) electrons. The van der Waals surface area contributed by atoms with Crippen LogP contribution < -0.4 is 16.0 Å². The summed E-state index contributed by atoms with van der Waals surface area (Å²) in [6.07, 6.45) is 0. The third-order valence-electron chi connectivity index (χ3n) is 3.85. The van der Waals surface area contributed by atoms with E-state index in [0.717, 1.165) is 45.8 Å². The van der Waals surface area contributed by atoms with Crippen molar-refractivity contribution >= 4 is 5.91 Å². The fourth-order valence-electron chi connectivity index (χ4n) is 2.50. The minimum absolute atomic E-state index is 0.0784. The minimum atomic E-state index is -0.0784. The molecule has 0 aromatic carbocycles. The van der Waals surface area contributed by atoms with Gasteiger partial charge in [0.2, 0.25) is 5.91 Å². The van der Waals surface area contributed by atoms with E-state index in [-0.39, 0.29) is 11.9 Å². The van der Waals surface area contributed by atoms with Crippen LogP contribution in [-0.2, 0) is 4.79 Å². The number of amides is 1. The van der Waals surface area contributed by atoms with Crippen molar-refractivity contribution < 1.29 is 4.79 Å². The molecule has 0 aliphatic carbocycles. The minimum Gasteiger partial charge on any atom is -0.353 e. The molecule has 2 heterocycles. The van der Waals surface area contributed by atoms with Gasteiger partial charge in [-0.1, -0.05) is 0 Å². The summed E-state index contributed by atoms with van der Waals surface area (Å²) >= 11 is 0. The Morgan fingerprint density at radius 3 is 2.89 bits per heavy atom. The third-order valence-corrected chi connectivity index (χ3v) is 3.85. The highest BCUT2D eigenvalue weighted by atomic mass is 16.2. The van der Waals surface area contributed by atoms with Gasteiger partial charge in [0.25, 0.3) is 0 Å². The molecular weight excluding hydrogens is 230 g/mol. The number of nitrogens with zero attached hydrogens (tertiary/aromatic N) is 2. The van der Waals surface area contributed by atoms with Gasteiger partial charge in [-0.25, -0.2) is 0 Å². The first-order valence-corrected chi connectivity index (χ1v) is 6.77. The molecule has 104 valence electrons. The largest absolute Gasteiger partial charge is 0.353 e. The lowest BCUT2D eigenvalue weighted by Gasteiger charge is -2.38. The monoisotopic (exact) mass is 255 g/mol. The molecule has 2 aliphatic heterocycles. The maximum Gasteiger partial charge on any atom is 0.238 e. The van der Waals surface area contributed by atoms with Gasteiger partial charge in [-0.15, -0.1) is 0 Å². The van der Waals surface area contributed by atoms with Crippen molar-refractivity contribution in [3.63, 3.8) is 0 Å². The lowest BCUT2D eigenvalue weighted by atomic mass is 10.1. The lowest BCUT2D eigenvalue weighted by Crippen LogP contribution is -2.59. The zero-order chi connectivity index (χ0) is 13.0. The van der Waals surface area contributed by atoms with Gasteiger partial charge >= 0.3 is 0 Å². The summed E-state index contributed by atoms with van der Waals surface area (Å²) in [7, 11) is 4.26. The van der Waals surface area contributed by atoms with Gasteiger partial charge in [0.05, 0.1) is 6.04 Å². The Bertz CT molecular complexity index is 280. The van der Waals surface area contributed by atoms with Crippen molar-refractivity contribution in [2.45, 2.75) is 12.1 Å². The zero-order valence-corrected chi connectivity index (χ0v) is 11.4. The molecule has 2 rings (SSSR count). The summed E-state index contributed by atoms with van der Waals surface area (Å²) in [4.78, 5) is 16.6. The summed E-state index contributed by atoms with van der Waals surface area (Å²) in [6.45, 7) is 6.47. The van der Waals surface area contributed by atoms with Gasteiger partial charge in [-0.3, -0.25) is 9.69 Å². The second-order valence-corrected chi connectivity index (χ2v) is 5.35. The number of hydrogen-bond acceptors (Lipinski definition) is 5. The van der Waals surface area contributed by atoms with Gasteiger partial charge in [-0.05, 0) is 14.1 Å². The van der Waals surface area contributed by atoms with E-state index in [1.54, 1.807) is 0 Å². The van der Waals surface area contributed by atoms with Gasteiger partial charge in [0.1, 0.15) is 0 Å². The molecule has 2 unspecified atom stereocenters. The van der Waals surface area contributed by atoms with Crippen molar-refractivity contribution in [3.05, 3.63) is 0 Å². The van der Waals surface area contributed by atoms with Crippen molar-refractivity contribution in [1.82, 2.24) is 25.8 Å². The van der Waals surface area contributed by atoms with E-state index in [1.165, 1.54) is 0 Å². The van der Waals surface area contributed by atoms with Crippen LogP contribution >= 0.6 is 0 Å². The predicted octanol–water partition coefficient (Wildman–Crippen LogP) is -2.09. The zero-order valence-electron chi connectivity index (χ0n) is 11.4. The van der Waals surface area contributed by atoms with E-state index in [9.17, 15) is 4.79 Å². The van der Waals surface area contributed by atoms with Crippen LogP contribution in [0.4, 0.5) is 0 Å². The number of likely N-dealkylation sites (N-methyl/N-ethyl adjacent to an activating group) is 2. The second kappa shape index (κ2) is 6.47. The fourth-order valence-corrected chi connectivity index (χ4v) is 2.50. The first-order valence-electron chi connectivity index (χ1n) is 6.77. The van der Waals surface area contributed by atoms with Crippen LogP contribution in [0.5, 0.6) is 0 Å². The van der Waals surface area contributed by atoms with Crippen molar-refractivity contribution in [3.8, 4) is 0 Å². The molecule has 3 N–H and O–H groups in total. The highest BCUT2D eigenvalue weighted by molar-refractivity contribution is 5.82. The molecular formula is C12H25N5O. The number of rotatable bonds is 3. The molecule has 18 heavy (non-hydrogen) atoms. The topological polar surface area (TPSA) is 59.6 Å². The molecule has 0 aromatic heterocycles. The highest BCUT2D eigenvalue weighted by Gasteiger charge is 2.25. The molecule has 6 heteroatoms. The second-order valence-electron chi connectivity index (χ2n) is 5.35. The summed E-state index contributed by atoms with van der Waals surface area (Å²) < 4.78 is 0. The van der Waals surface area contributed by atoms with Gasteiger partial charge < -0.3 is 20.9 Å². The van der Waals surface area contributed by atoms with E-state index in [0.29, 0.717) is 6.04 Å². The first kappa shape index (κ1) is 13.7. The Morgan fingerprint density at radius 1 is 1.33 bits per heavy atom. The Morgan fingerprint density at radius 2 is 2.17 bits per heavy atom. The molecule has 0 bridgehead atoms. The van der Waals surface area contributed by atoms with Gasteiger partial charge in [0.15, 0.2) is 0 Å². The third kappa shape index (κ3) is 3.65. The Kier molecular flexibility index (Phi) is 4.94. The first-order chi connectivity index (χ1) is 8.66. The molecule has 0 spiro atoms. The molecule has 2 aliphatic rings. The van der Waals surface area contributed by atoms with Crippen LogP contribution in [0.1, 0.15) is 0 Å². The predicted molar refractivity (Wildman–Crippen MR) is 71.6 cm³/mol. The highest BCUT2D eigenvalue weighted by Crippen LogP contribution is 2.04. The maximum atomic E-state index is 12.0. The van der Waals surface area contributed by atoms with Gasteiger partial charge in [0, 0.05) is 51.9 Å². The van der Waals surface area contributed by atoms with E-state index >= 15 is 0 Å².